The predicted octanol–water partition coefficient (Wildman–Crippen LogP) is 2.93. The van der Waals surface area contributed by atoms with Crippen molar-refractivity contribution in [2.24, 2.45) is 23.7 Å². The molecule has 2 aromatic rings. The zero-order chi connectivity index (χ0) is 25.6. The maximum atomic E-state index is 13.1. The molecule has 3 fully saturated rings. The molecule has 36 heavy (non-hydrogen) atoms. The third-order valence-electron chi connectivity index (χ3n) is 7.28. The fraction of sp³-hybridized carbons (Fsp3) is 0.360. The third-order valence-corrected chi connectivity index (χ3v) is 7.28. The van der Waals surface area contributed by atoms with Crippen molar-refractivity contribution in [2.45, 2.75) is 19.3 Å². The van der Waals surface area contributed by atoms with E-state index in [0.717, 1.165) is 19.3 Å². The summed E-state index contributed by atoms with van der Waals surface area (Å²) in [5.41, 5.74) is -0.0905. The maximum absolute atomic E-state index is 13.1. The van der Waals surface area contributed by atoms with Crippen LogP contribution in [0.5, 0.6) is 5.75 Å². The number of imide groups is 1. The zero-order valence-corrected chi connectivity index (χ0v) is 19.3. The largest absolute Gasteiger partial charge is 0.497 e. The van der Waals surface area contributed by atoms with Crippen LogP contribution in [0.15, 0.2) is 42.5 Å². The number of nitro benzene ring substituents is 1. The second-order valence-corrected chi connectivity index (χ2v) is 9.21. The predicted molar refractivity (Wildman–Crippen MR) is 125 cm³/mol. The van der Waals surface area contributed by atoms with E-state index >= 15 is 0 Å². The highest BCUT2D eigenvalue weighted by Gasteiger charge is 2.61. The van der Waals surface area contributed by atoms with E-state index in [-0.39, 0.29) is 52.4 Å². The minimum absolute atomic E-state index is 0.0632. The molecule has 3 aliphatic rings. The number of benzene rings is 2. The number of carbonyl (C=O) groups is 4. The Morgan fingerprint density at radius 2 is 1.78 bits per heavy atom. The van der Waals surface area contributed by atoms with E-state index in [1.54, 1.807) is 6.07 Å². The third kappa shape index (κ3) is 3.96. The van der Waals surface area contributed by atoms with Crippen molar-refractivity contribution in [3.05, 3.63) is 58.1 Å². The minimum atomic E-state index is -0.841. The first-order valence-corrected chi connectivity index (χ1v) is 11.6. The lowest BCUT2D eigenvalue weighted by atomic mass is 9.81. The second kappa shape index (κ2) is 9.06. The van der Waals surface area contributed by atoms with Crippen LogP contribution in [-0.2, 0) is 19.1 Å². The number of carbonyl (C=O) groups excluding carboxylic acids is 4. The number of nitro groups is 1. The Bertz CT molecular complexity index is 1260. The Labute approximate surface area is 205 Å². The van der Waals surface area contributed by atoms with Gasteiger partial charge in [-0.05, 0) is 55.4 Å². The first kappa shape index (κ1) is 23.5. The van der Waals surface area contributed by atoms with Crippen LogP contribution in [0, 0.1) is 33.8 Å². The molecule has 3 amide bonds. The normalized spacial score (nSPS) is 24.0. The van der Waals surface area contributed by atoms with Crippen molar-refractivity contribution in [1.82, 2.24) is 0 Å². The molecule has 5 rings (SSSR count). The first-order chi connectivity index (χ1) is 17.3. The summed E-state index contributed by atoms with van der Waals surface area (Å²) >= 11 is 0. The van der Waals surface area contributed by atoms with Gasteiger partial charge in [-0.15, -0.1) is 0 Å². The van der Waals surface area contributed by atoms with E-state index in [2.05, 4.69) is 5.32 Å². The van der Waals surface area contributed by atoms with Gasteiger partial charge >= 0.3 is 5.97 Å². The highest BCUT2D eigenvalue weighted by molar-refractivity contribution is 6.22. The summed E-state index contributed by atoms with van der Waals surface area (Å²) in [6.07, 6.45) is 2.85. The van der Waals surface area contributed by atoms with Gasteiger partial charge in [0.25, 0.3) is 11.6 Å². The fourth-order valence-corrected chi connectivity index (χ4v) is 5.74. The average Bonchev–Trinajstić information content (AvgIpc) is 3.55. The van der Waals surface area contributed by atoms with E-state index in [1.165, 1.54) is 48.4 Å². The second-order valence-electron chi connectivity index (χ2n) is 9.21. The molecule has 4 atom stereocenters. The SMILES string of the molecule is COc1ccc([N+](=O)[O-])c(NC(=O)COC(=O)c2cccc(N3C(=O)[C@H]4[C@H]5CC[C@@H](C5)[C@@H]4C3=O)c2)c1. The zero-order valence-electron chi connectivity index (χ0n) is 19.3. The van der Waals surface area contributed by atoms with Crippen LogP contribution < -0.4 is 15.0 Å². The molecule has 1 saturated heterocycles. The summed E-state index contributed by atoms with van der Waals surface area (Å²) in [5, 5.41) is 13.6. The van der Waals surface area contributed by atoms with E-state index in [9.17, 15) is 29.3 Å². The standard InChI is InChI=1S/C25H23N3O8/c1-35-17-7-8-19(28(33)34)18(11-17)26-20(29)12-36-25(32)15-3-2-4-16(10-15)27-23(30)21-13-5-6-14(9-13)22(21)24(27)31/h2-4,7-8,10-11,13-14,21-22H,5-6,9,12H2,1H3,(H,26,29)/t13-,14-,21-,22-/m0/s1. The van der Waals surface area contributed by atoms with E-state index in [0.29, 0.717) is 11.4 Å². The Morgan fingerprint density at radius 3 is 2.42 bits per heavy atom. The summed E-state index contributed by atoms with van der Waals surface area (Å²) in [6.45, 7) is -0.702. The smallest absolute Gasteiger partial charge is 0.338 e. The lowest BCUT2D eigenvalue weighted by molar-refractivity contribution is -0.383. The fourth-order valence-electron chi connectivity index (χ4n) is 5.74. The Kier molecular flexibility index (Phi) is 5.91. The van der Waals surface area contributed by atoms with Crippen molar-refractivity contribution < 1.29 is 33.6 Å². The van der Waals surface area contributed by atoms with Crippen LogP contribution in [0.1, 0.15) is 29.6 Å². The van der Waals surface area contributed by atoms with E-state index in [4.69, 9.17) is 9.47 Å². The summed E-state index contributed by atoms with van der Waals surface area (Å²) in [4.78, 5) is 62.8. The molecule has 0 unspecified atom stereocenters. The van der Waals surface area contributed by atoms with Crippen molar-refractivity contribution in [2.75, 3.05) is 23.9 Å². The van der Waals surface area contributed by atoms with Gasteiger partial charge in [-0.3, -0.25) is 29.4 Å². The van der Waals surface area contributed by atoms with Gasteiger partial charge < -0.3 is 14.8 Å². The lowest BCUT2D eigenvalue weighted by Gasteiger charge is -2.19. The maximum Gasteiger partial charge on any atom is 0.338 e. The van der Waals surface area contributed by atoms with Crippen LogP contribution in [0.2, 0.25) is 0 Å². The molecule has 0 aromatic heterocycles. The molecule has 186 valence electrons. The number of hydrogen-bond donors (Lipinski definition) is 1. The summed E-state index contributed by atoms with van der Waals surface area (Å²) in [6, 6.07) is 9.82. The Morgan fingerprint density at radius 1 is 1.08 bits per heavy atom. The molecule has 2 aliphatic carbocycles. The highest BCUT2D eigenvalue weighted by Crippen LogP contribution is 2.56. The van der Waals surface area contributed by atoms with E-state index in [1.807, 2.05) is 0 Å². The van der Waals surface area contributed by atoms with Gasteiger partial charge in [-0.2, -0.15) is 0 Å². The number of amides is 3. The quantitative estimate of drug-likeness (QED) is 0.268. The summed E-state index contributed by atoms with van der Waals surface area (Å²) in [7, 11) is 1.38. The monoisotopic (exact) mass is 493 g/mol. The topological polar surface area (TPSA) is 145 Å². The van der Waals surface area contributed by atoms with Gasteiger partial charge in [-0.1, -0.05) is 6.07 Å². The van der Waals surface area contributed by atoms with Gasteiger partial charge in [0.2, 0.25) is 11.8 Å². The number of methoxy groups -OCH3 is 1. The number of nitrogens with one attached hydrogen (secondary N) is 1. The lowest BCUT2D eigenvalue weighted by Crippen LogP contribution is -2.32. The number of fused-ring (bicyclic) bond motifs is 5. The number of ether oxygens (including phenoxy) is 2. The molecule has 11 nitrogen and oxygen atoms in total. The number of anilines is 2. The van der Waals surface area contributed by atoms with Gasteiger partial charge in [0.1, 0.15) is 11.4 Å². The molecule has 0 radical (unpaired) electrons. The van der Waals surface area contributed by atoms with Crippen LogP contribution in [0.25, 0.3) is 0 Å². The highest BCUT2D eigenvalue weighted by atomic mass is 16.6. The van der Waals surface area contributed by atoms with Crippen molar-refractivity contribution in [1.29, 1.82) is 0 Å². The van der Waals surface area contributed by atoms with Crippen molar-refractivity contribution >= 4 is 40.8 Å². The summed E-state index contributed by atoms with van der Waals surface area (Å²) in [5.74, 6) is -1.85. The number of esters is 1. The number of hydrogen-bond acceptors (Lipinski definition) is 8. The van der Waals surface area contributed by atoms with Gasteiger partial charge in [0.05, 0.1) is 35.1 Å². The first-order valence-electron chi connectivity index (χ1n) is 11.6. The van der Waals surface area contributed by atoms with E-state index < -0.39 is 23.4 Å². The summed E-state index contributed by atoms with van der Waals surface area (Å²) < 4.78 is 10.1. The molecule has 1 N–H and O–H groups in total. The van der Waals surface area contributed by atoms with Crippen LogP contribution in [0.4, 0.5) is 17.1 Å². The average molecular weight is 493 g/mol. The van der Waals surface area contributed by atoms with Crippen LogP contribution >= 0.6 is 0 Å². The molecular formula is C25H23N3O8. The number of nitrogens with zero attached hydrogens (tertiary/aromatic N) is 2. The van der Waals surface area contributed by atoms with Crippen LogP contribution in [0.3, 0.4) is 0 Å². The van der Waals surface area contributed by atoms with Gasteiger partial charge in [0, 0.05) is 12.1 Å². The van der Waals surface area contributed by atoms with Crippen molar-refractivity contribution in [3.63, 3.8) is 0 Å². The van der Waals surface area contributed by atoms with Crippen LogP contribution in [-0.4, -0.2) is 42.3 Å². The molecule has 1 heterocycles. The molecular weight excluding hydrogens is 470 g/mol. The number of rotatable bonds is 7. The molecule has 11 heteroatoms. The molecule has 2 aromatic carbocycles. The Balaban J connectivity index is 1.25. The minimum Gasteiger partial charge on any atom is -0.497 e. The van der Waals surface area contributed by atoms with Gasteiger partial charge in [-0.25, -0.2) is 4.79 Å². The van der Waals surface area contributed by atoms with Crippen molar-refractivity contribution in [3.8, 4) is 5.75 Å². The van der Waals surface area contributed by atoms with Gasteiger partial charge in [0.15, 0.2) is 6.61 Å². The molecule has 2 bridgehead atoms. The molecule has 0 spiro atoms. The molecule has 1 aliphatic heterocycles. The molecule has 2 saturated carbocycles. The Hall–Kier alpha value is -4.28.